The van der Waals surface area contributed by atoms with Crippen LogP contribution in [-0.2, 0) is 14.3 Å². The fourth-order valence-corrected chi connectivity index (χ4v) is 4.30. The molecule has 0 unspecified atom stereocenters. The number of amides is 3. The highest BCUT2D eigenvalue weighted by Gasteiger charge is 2.31. The van der Waals surface area contributed by atoms with E-state index in [1.54, 1.807) is 48.9 Å². The average molecular weight is 585 g/mol. The van der Waals surface area contributed by atoms with Crippen molar-refractivity contribution in [1.29, 1.82) is 0 Å². The Morgan fingerprint density at radius 1 is 0.786 bits per heavy atom. The van der Waals surface area contributed by atoms with Crippen molar-refractivity contribution in [3.8, 4) is 0 Å². The number of nitrogens with two attached hydrogens (primary N) is 2. The van der Waals surface area contributed by atoms with Gasteiger partial charge in [0.1, 0.15) is 29.4 Å². The van der Waals surface area contributed by atoms with Crippen molar-refractivity contribution in [3.63, 3.8) is 0 Å². The molecule has 13 heteroatoms. The van der Waals surface area contributed by atoms with Crippen molar-refractivity contribution in [2.45, 2.75) is 59.7 Å². The summed E-state index contributed by atoms with van der Waals surface area (Å²) in [6.07, 6.45) is 2.45. The Morgan fingerprint density at radius 2 is 1.33 bits per heavy atom. The van der Waals surface area contributed by atoms with Gasteiger partial charge in [0.2, 0.25) is 5.91 Å². The van der Waals surface area contributed by atoms with Crippen molar-refractivity contribution in [2.75, 3.05) is 67.1 Å². The first-order chi connectivity index (χ1) is 19.5. The van der Waals surface area contributed by atoms with Crippen LogP contribution in [0.4, 0.5) is 32.6 Å². The highest BCUT2D eigenvalue weighted by Crippen LogP contribution is 2.21. The number of nitrogens with zero attached hydrogens (tertiary/aromatic N) is 6. The molecule has 4 heterocycles. The van der Waals surface area contributed by atoms with Crippen LogP contribution < -0.4 is 21.3 Å². The van der Waals surface area contributed by atoms with Crippen LogP contribution in [0, 0.1) is 6.92 Å². The largest absolute Gasteiger partial charge is 0.444 e. The highest BCUT2D eigenvalue weighted by atomic mass is 16.6. The molecule has 42 heavy (non-hydrogen) atoms. The maximum atomic E-state index is 12.2. The van der Waals surface area contributed by atoms with E-state index in [0.29, 0.717) is 43.4 Å². The average Bonchev–Trinajstić information content (AvgIpc) is 2.88. The van der Waals surface area contributed by atoms with Gasteiger partial charge in [0, 0.05) is 39.3 Å². The zero-order valence-electron chi connectivity index (χ0n) is 25.7. The van der Waals surface area contributed by atoms with Gasteiger partial charge in [0.25, 0.3) is 0 Å². The maximum absolute atomic E-state index is 12.2. The second-order valence-corrected chi connectivity index (χ2v) is 12.3. The maximum Gasteiger partial charge on any atom is 0.410 e. The number of hydrogen-bond acceptors (Lipinski definition) is 10. The monoisotopic (exact) mass is 584 g/mol. The molecule has 0 aromatic carbocycles. The van der Waals surface area contributed by atoms with E-state index in [2.05, 4.69) is 14.9 Å². The number of ether oxygens (including phenoxy) is 2. The number of aromatic nitrogens is 2. The Kier molecular flexibility index (Phi) is 10.1. The van der Waals surface area contributed by atoms with Crippen molar-refractivity contribution in [3.05, 3.63) is 36.2 Å². The first kappa shape index (κ1) is 32.2. The summed E-state index contributed by atoms with van der Waals surface area (Å²) in [5, 5.41) is 0. The van der Waals surface area contributed by atoms with Gasteiger partial charge >= 0.3 is 12.2 Å². The number of rotatable bonds is 2. The van der Waals surface area contributed by atoms with E-state index in [9.17, 15) is 14.4 Å². The highest BCUT2D eigenvalue weighted by molar-refractivity contribution is 5.96. The van der Waals surface area contributed by atoms with Crippen molar-refractivity contribution in [2.24, 2.45) is 0 Å². The molecule has 2 fully saturated rings. The molecule has 0 spiro atoms. The van der Waals surface area contributed by atoms with Gasteiger partial charge in [-0.05, 0) is 72.2 Å². The van der Waals surface area contributed by atoms with Gasteiger partial charge in [-0.3, -0.25) is 14.6 Å². The number of hydrogen-bond donors (Lipinski definition) is 2. The molecule has 0 atom stereocenters. The predicted octanol–water partition coefficient (Wildman–Crippen LogP) is 3.28. The summed E-state index contributed by atoms with van der Waals surface area (Å²) in [5.74, 6) is 1.29. The minimum absolute atomic E-state index is 0.0129. The van der Waals surface area contributed by atoms with Crippen LogP contribution in [0.1, 0.15) is 47.1 Å². The Balaban J connectivity index is 0.000000230. The summed E-state index contributed by atoms with van der Waals surface area (Å²) >= 11 is 0. The normalized spacial score (nSPS) is 16.0. The Morgan fingerprint density at radius 3 is 1.83 bits per heavy atom. The summed E-state index contributed by atoms with van der Waals surface area (Å²) in [6.45, 7) is 16.6. The number of anilines is 4. The van der Waals surface area contributed by atoms with Gasteiger partial charge < -0.3 is 30.7 Å². The summed E-state index contributed by atoms with van der Waals surface area (Å²) in [5.41, 5.74) is 12.5. The standard InChI is InChI=1S/C15H24N4O2.C14H20N4O3/c1-11-9-12(16)10-17-13(11)18-5-7-19(8-6-18)14(20)21-15(2,3)4;1-14(2,3)21-13(20)17-6-7-18(12(19)9-17)11-5-4-10(15)8-16-11/h9-10H,5-8,16H2,1-4H3;4-5,8H,6-7,9,15H2,1-3H3. The van der Waals surface area contributed by atoms with Crippen molar-refractivity contribution >= 4 is 41.1 Å². The zero-order valence-corrected chi connectivity index (χ0v) is 25.7. The molecule has 2 aromatic heterocycles. The van der Waals surface area contributed by atoms with E-state index in [4.69, 9.17) is 20.9 Å². The first-order valence-corrected chi connectivity index (χ1v) is 14.0. The van der Waals surface area contributed by atoms with E-state index < -0.39 is 17.3 Å². The van der Waals surface area contributed by atoms with E-state index in [1.807, 2.05) is 33.8 Å². The van der Waals surface area contributed by atoms with E-state index in [0.717, 1.165) is 24.5 Å². The predicted molar refractivity (Wildman–Crippen MR) is 162 cm³/mol. The van der Waals surface area contributed by atoms with Gasteiger partial charge in [0.05, 0.1) is 23.8 Å². The van der Waals surface area contributed by atoms with Gasteiger partial charge in [-0.25, -0.2) is 19.6 Å². The number of aryl methyl sites for hydroxylation is 1. The van der Waals surface area contributed by atoms with Crippen LogP contribution in [-0.4, -0.2) is 94.9 Å². The van der Waals surface area contributed by atoms with Crippen molar-refractivity contribution in [1.82, 2.24) is 19.8 Å². The lowest BCUT2D eigenvalue weighted by atomic mass is 10.2. The third-order valence-electron chi connectivity index (χ3n) is 6.22. The molecule has 4 N–H and O–H groups in total. The van der Waals surface area contributed by atoms with Crippen LogP contribution in [0.25, 0.3) is 0 Å². The molecule has 4 rings (SSSR count). The number of carbonyl (C=O) groups excluding carboxylic acids is 3. The summed E-state index contributed by atoms with van der Waals surface area (Å²) in [4.78, 5) is 51.5. The van der Waals surface area contributed by atoms with Crippen LogP contribution in [0.5, 0.6) is 0 Å². The summed E-state index contributed by atoms with van der Waals surface area (Å²) in [7, 11) is 0. The number of pyridine rings is 2. The molecule has 3 amide bonds. The molecule has 0 radical (unpaired) electrons. The second kappa shape index (κ2) is 13.1. The molecular formula is C29H44N8O5. The molecule has 2 aliphatic rings. The zero-order chi connectivity index (χ0) is 31.2. The quantitative estimate of drug-likeness (QED) is 0.536. The number of carbonyl (C=O) groups is 3. The molecule has 13 nitrogen and oxygen atoms in total. The smallest absolute Gasteiger partial charge is 0.410 e. The Bertz CT molecular complexity index is 1250. The second-order valence-electron chi connectivity index (χ2n) is 12.3. The van der Waals surface area contributed by atoms with Crippen molar-refractivity contribution < 1.29 is 23.9 Å². The van der Waals surface area contributed by atoms with Gasteiger partial charge in [-0.15, -0.1) is 0 Å². The van der Waals surface area contributed by atoms with Crippen LogP contribution >= 0.6 is 0 Å². The lowest BCUT2D eigenvalue weighted by Gasteiger charge is -2.36. The van der Waals surface area contributed by atoms with Gasteiger partial charge in [-0.2, -0.15) is 0 Å². The van der Waals surface area contributed by atoms with Gasteiger partial charge in [-0.1, -0.05) is 0 Å². The third kappa shape index (κ3) is 9.38. The number of piperazine rings is 2. The first-order valence-electron chi connectivity index (χ1n) is 14.0. The molecule has 2 aliphatic heterocycles. The third-order valence-corrected chi connectivity index (χ3v) is 6.22. The summed E-state index contributed by atoms with van der Waals surface area (Å²) in [6, 6.07) is 5.30. The lowest BCUT2D eigenvalue weighted by Crippen LogP contribution is -2.53. The van der Waals surface area contributed by atoms with Crippen LogP contribution in [0.15, 0.2) is 30.6 Å². The van der Waals surface area contributed by atoms with Crippen LogP contribution in [0.2, 0.25) is 0 Å². The molecule has 2 saturated heterocycles. The molecule has 230 valence electrons. The minimum atomic E-state index is -0.574. The van der Waals surface area contributed by atoms with E-state index >= 15 is 0 Å². The molecule has 0 bridgehead atoms. The number of nitrogen functional groups attached to an aromatic ring is 2. The minimum Gasteiger partial charge on any atom is -0.444 e. The fraction of sp³-hybridized carbons (Fsp3) is 0.552. The van der Waals surface area contributed by atoms with Gasteiger partial charge in [0.15, 0.2) is 0 Å². The molecular weight excluding hydrogens is 540 g/mol. The Hall–Kier alpha value is -4.29. The lowest BCUT2D eigenvalue weighted by molar-refractivity contribution is -0.121. The van der Waals surface area contributed by atoms with E-state index in [1.165, 1.54) is 11.1 Å². The fourth-order valence-electron chi connectivity index (χ4n) is 4.30. The summed E-state index contributed by atoms with van der Waals surface area (Å²) < 4.78 is 10.7. The topological polar surface area (TPSA) is 160 Å². The Labute approximate surface area is 247 Å². The van der Waals surface area contributed by atoms with E-state index in [-0.39, 0.29) is 18.5 Å². The molecule has 2 aromatic rings. The SMILES string of the molecule is CC(C)(C)OC(=O)N1CCN(c2ccc(N)cn2)C(=O)C1.Cc1cc(N)cnc1N1CCN(C(=O)OC(C)(C)C)CC1. The molecule has 0 saturated carbocycles. The van der Waals surface area contributed by atoms with Crippen LogP contribution in [0.3, 0.4) is 0 Å². The molecule has 0 aliphatic carbocycles.